The molecule has 0 radical (unpaired) electrons. The Morgan fingerprint density at radius 2 is 0.476 bits per heavy atom. The molecule has 0 unspecified atom stereocenters. The highest BCUT2D eigenvalue weighted by Crippen LogP contribution is 2.65. The first-order valence-electron chi connectivity index (χ1n) is 28.9. The number of para-hydroxylation sites is 2. The van der Waals surface area contributed by atoms with Gasteiger partial charge in [-0.25, -0.2) is 9.97 Å². The van der Waals surface area contributed by atoms with Crippen LogP contribution < -0.4 is 0 Å². The van der Waals surface area contributed by atoms with Crippen LogP contribution in [0.4, 0.5) is 0 Å². The summed E-state index contributed by atoms with van der Waals surface area (Å²) in [6.45, 7) is 0. The molecule has 2 spiro atoms. The molecule has 0 fully saturated rings. The van der Waals surface area contributed by atoms with Gasteiger partial charge >= 0.3 is 0 Å². The second-order valence-corrected chi connectivity index (χ2v) is 22.8. The van der Waals surface area contributed by atoms with Crippen molar-refractivity contribution in [2.45, 2.75) is 10.8 Å². The minimum atomic E-state index is -0.598. The van der Waals surface area contributed by atoms with Gasteiger partial charge in [-0.2, -0.15) is 0 Å². The summed E-state index contributed by atoms with van der Waals surface area (Å²) in [6, 6.07) is 99.1. The molecule has 3 aromatic heterocycles. The third-order valence-corrected chi connectivity index (χ3v) is 18.7. The zero-order valence-corrected chi connectivity index (χ0v) is 45.5. The largest absolute Gasteiger partial charge is 0.264 e. The van der Waals surface area contributed by atoms with Crippen LogP contribution in [0.5, 0.6) is 0 Å². The van der Waals surface area contributed by atoms with E-state index in [1.54, 1.807) is 0 Å². The number of fused-ring (bicyclic) bond motifs is 21. The van der Waals surface area contributed by atoms with E-state index in [1.807, 2.05) is 36.9 Å². The van der Waals surface area contributed by atoms with Gasteiger partial charge in [0.1, 0.15) is 0 Å². The quantitative estimate of drug-likeness (QED) is 0.167. The van der Waals surface area contributed by atoms with E-state index >= 15 is 0 Å². The Morgan fingerprint density at radius 1 is 0.202 bits per heavy atom. The van der Waals surface area contributed by atoms with Crippen molar-refractivity contribution in [1.82, 2.24) is 19.9 Å². The van der Waals surface area contributed by atoms with Crippen molar-refractivity contribution in [3.63, 3.8) is 0 Å². The molecule has 4 heteroatoms. The van der Waals surface area contributed by atoms with Gasteiger partial charge in [-0.3, -0.25) is 9.97 Å². The smallest absolute Gasteiger partial charge is 0.0973 e. The molecular formula is C80H48N4. The van der Waals surface area contributed by atoms with Crippen LogP contribution in [0.15, 0.2) is 292 Å². The lowest BCUT2D eigenvalue weighted by molar-refractivity contribution is 0.794. The maximum absolute atomic E-state index is 5.68. The molecule has 0 atom stereocenters. The van der Waals surface area contributed by atoms with Gasteiger partial charge in [-0.1, -0.05) is 218 Å². The van der Waals surface area contributed by atoms with E-state index in [-0.39, 0.29) is 0 Å². The summed E-state index contributed by atoms with van der Waals surface area (Å²) in [5.41, 5.74) is 33.7. The van der Waals surface area contributed by atoms with Gasteiger partial charge in [0.15, 0.2) is 0 Å². The topological polar surface area (TPSA) is 51.6 Å². The maximum Gasteiger partial charge on any atom is 0.0973 e. The molecule has 3 heterocycles. The third kappa shape index (κ3) is 6.48. The minimum Gasteiger partial charge on any atom is -0.264 e. The highest BCUT2D eigenvalue weighted by Gasteiger charge is 2.53. The molecule has 0 aliphatic heterocycles. The monoisotopic (exact) mass is 1060 g/mol. The number of aromatic nitrogens is 4. The van der Waals surface area contributed by atoms with Crippen LogP contribution in [-0.2, 0) is 10.8 Å². The van der Waals surface area contributed by atoms with Gasteiger partial charge in [-0.05, 0) is 182 Å². The summed E-state index contributed by atoms with van der Waals surface area (Å²) in [6.07, 6.45) is 7.50. The Morgan fingerprint density at radius 3 is 0.810 bits per heavy atom. The van der Waals surface area contributed by atoms with Gasteiger partial charge in [0, 0.05) is 35.9 Å². The highest BCUT2D eigenvalue weighted by molar-refractivity contribution is 6.00. The molecule has 0 bridgehead atoms. The van der Waals surface area contributed by atoms with Gasteiger partial charge < -0.3 is 0 Å². The lowest BCUT2D eigenvalue weighted by Gasteiger charge is -2.31. The molecule has 4 aliphatic carbocycles. The number of benzene rings is 11. The molecule has 11 aromatic carbocycles. The first-order chi connectivity index (χ1) is 41.6. The Bertz CT molecular complexity index is 4650. The Kier molecular flexibility index (Phi) is 9.90. The average Bonchev–Trinajstić information content (AvgIpc) is 1.65. The number of hydrogen-bond donors (Lipinski definition) is 0. The molecule has 14 aromatic rings. The number of pyridine rings is 2. The van der Waals surface area contributed by atoms with Gasteiger partial charge in [-0.15, -0.1) is 0 Å². The second kappa shape index (κ2) is 17.8. The van der Waals surface area contributed by atoms with Crippen LogP contribution in [0, 0.1) is 0 Å². The molecule has 0 saturated heterocycles. The predicted molar refractivity (Wildman–Crippen MR) is 340 cm³/mol. The highest BCUT2D eigenvalue weighted by atomic mass is 14.8. The van der Waals surface area contributed by atoms with Crippen molar-refractivity contribution in [2.75, 3.05) is 0 Å². The summed E-state index contributed by atoms with van der Waals surface area (Å²) in [5.74, 6) is 0. The summed E-state index contributed by atoms with van der Waals surface area (Å²) in [7, 11) is 0. The summed E-state index contributed by atoms with van der Waals surface area (Å²) < 4.78 is 0. The van der Waals surface area contributed by atoms with Crippen LogP contribution in [-0.4, -0.2) is 19.9 Å². The van der Waals surface area contributed by atoms with Crippen LogP contribution in [0.3, 0.4) is 0 Å². The molecule has 0 saturated carbocycles. The molecule has 18 rings (SSSR count). The molecule has 0 amide bonds. The van der Waals surface area contributed by atoms with Crippen LogP contribution in [0.2, 0.25) is 0 Å². The number of rotatable bonds is 6. The normalized spacial score (nSPS) is 13.7. The van der Waals surface area contributed by atoms with Crippen molar-refractivity contribution < 1.29 is 0 Å². The van der Waals surface area contributed by atoms with E-state index in [0.29, 0.717) is 0 Å². The van der Waals surface area contributed by atoms with E-state index in [2.05, 4.69) is 265 Å². The Hall–Kier alpha value is -10.9. The first kappa shape index (κ1) is 46.8. The predicted octanol–water partition coefficient (Wildman–Crippen LogP) is 19.1. The van der Waals surface area contributed by atoms with Crippen LogP contribution >= 0.6 is 0 Å². The van der Waals surface area contributed by atoms with E-state index in [0.717, 1.165) is 55.8 Å². The molecular weight excluding hydrogens is 1020 g/mol. The van der Waals surface area contributed by atoms with Crippen molar-refractivity contribution in [1.29, 1.82) is 0 Å². The number of hydrogen-bond acceptors (Lipinski definition) is 4. The SMILES string of the molecule is c1cncc(-c2ccc(-c3ccc4c(c3)C3(c5ccccc5-c5ccccc53)c3cc(-c5nc6ccccc6nc5-c5ccc6c(c5)C5(c7ccccc7-c7ccccc75)c5cc(-c7ccc(-c8cccnc8)cc7)ccc5-6)ccc3-4)cc2)c1. The average molecular weight is 1070 g/mol. The van der Waals surface area contributed by atoms with Gasteiger partial charge in [0.2, 0.25) is 0 Å². The van der Waals surface area contributed by atoms with Crippen molar-refractivity contribution in [3.8, 4) is 112 Å². The lowest BCUT2D eigenvalue weighted by Crippen LogP contribution is -2.26. The maximum atomic E-state index is 5.68. The molecule has 4 nitrogen and oxygen atoms in total. The third-order valence-electron chi connectivity index (χ3n) is 18.7. The van der Waals surface area contributed by atoms with Crippen LogP contribution in [0.1, 0.15) is 44.5 Å². The zero-order valence-electron chi connectivity index (χ0n) is 45.5. The van der Waals surface area contributed by atoms with Gasteiger partial charge in [0.25, 0.3) is 0 Å². The standard InChI is InChI=1S/C80H48N4/c1-5-19-67-59(15-1)60-16-2-6-20-68(60)79(67)71-43-53(49-25-29-51(30-26-49)57-13-11-41-81-47-57)33-37-63(71)65-39-35-55(45-73(65)79)77-78(84-76-24-10-9-23-75(76)83-77)56-36-40-66-64-38-34-54(50-27-31-52(32-28-50)58-14-12-42-82-48-58)44-72(64)80(74(66)46-56)69-21-7-3-17-61(69)62-18-4-8-22-70(62)80/h1-48H. The van der Waals surface area contributed by atoms with E-state index in [4.69, 9.17) is 9.97 Å². The summed E-state index contributed by atoms with van der Waals surface area (Å²) in [4.78, 5) is 20.1. The zero-order chi connectivity index (χ0) is 55.1. The van der Waals surface area contributed by atoms with Gasteiger partial charge in [0.05, 0.1) is 33.3 Å². The lowest BCUT2D eigenvalue weighted by atomic mass is 9.69. The molecule has 388 valence electrons. The van der Waals surface area contributed by atoms with E-state index in [1.165, 1.54) is 111 Å². The number of nitrogens with zero attached hydrogens (tertiary/aromatic N) is 4. The molecule has 4 aliphatic rings. The fraction of sp³-hybridized carbons (Fsp3) is 0.0250. The van der Waals surface area contributed by atoms with Crippen molar-refractivity contribution >= 4 is 11.0 Å². The fourth-order valence-electron chi connectivity index (χ4n) is 15.1. The minimum absolute atomic E-state index is 0.598. The fourth-order valence-corrected chi connectivity index (χ4v) is 15.1. The summed E-state index contributed by atoms with van der Waals surface area (Å²) in [5, 5.41) is 0. The van der Waals surface area contributed by atoms with Crippen molar-refractivity contribution in [3.05, 3.63) is 336 Å². The van der Waals surface area contributed by atoms with E-state index < -0.39 is 10.8 Å². The second-order valence-electron chi connectivity index (χ2n) is 22.8. The van der Waals surface area contributed by atoms with Crippen LogP contribution in [0.25, 0.3) is 123 Å². The summed E-state index contributed by atoms with van der Waals surface area (Å²) >= 11 is 0. The Balaban J connectivity index is 0.829. The molecule has 0 N–H and O–H groups in total. The van der Waals surface area contributed by atoms with E-state index in [9.17, 15) is 0 Å². The van der Waals surface area contributed by atoms with Crippen molar-refractivity contribution in [2.24, 2.45) is 0 Å². The first-order valence-corrected chi connectivity index (χ1v) is 28.9. The Labute approximate surface area is 486 Å². The molecule has 84 heavy (non-hydrogen) atoms.